The summed E-state index contributed by atoms with van der Waals surface area (Å²) in [7, 11) is -7.19. The van der Waals surface area contributed by atoms with Crippen molar-refractivity contribution in [1.29, 1.82) is 0 Å². The van der Waals surface area contributed by atoms with Crippen LogP contribution in [0.25, 0.3) is 0 Å². The molecule has 21 heavy (non-hydrogen) atoms. The van der Waals surface area contributed by atoms with Gasteiger partial charge in [0.2, 0.25) is 10.0 Å². The highest BCUT2D eigenvalue weighted by molar-refractivity contribution is 7.97. The maximum Gasteiger partial charge on any atom is 0.335 e. The third-order valence-electron chi connectivity index (χ3n) is 3.37. The largest absolute Gasteiger partial charge is 0.478 e. The van der Waals surface area contributed by atoms with Gasteiger partial charge in [0.05, 0.1) is 28.0 Å². The van der Waals surface area contributed by atoms with E-state index >= 15 is 0 Å². The smallest absolute Gasteiger partial charge is 0.335 e. The fourth-order valence-electron chi connectivity index (χ4n) is 2.11. The summed E-state index contributed by atoms with van der Waals surface area (Å²) in [6.07, 6.45) is 0.0509. The van der Waals surface area contributed by atoms with Gasteiger partial charge in [0.25, 0.3) is 0 Å². The van der Waals surface area contributed by atoms with Gasteiger partial charge in [-0.15, -0.1) is 0 Å². The molecule has 2 N–H and O–H groups in total. The molecule has 116 valence electrons. The van der Waals surface area contributed by atoms with Crippen LogP contribution in [-0.2, 0) is 19.9 Å². The molecule has 7 nitrogen and oxygen atoms in total. The van der Waals surface area contributed by atoms with Crippen molar-refractivity contribution < 1.29 is 26.7 Å². The molecule has 1 aliphatic rings. The lowest BCUT2D eigenvalue weighted by molar-refractivity contribution is 0.0697. The van der Waals surface area contributed by atoms with Gasteiger partial charge >= 0.3 is 5.97 Å². The van der Waals surface area contributed by atoms with Crippen molar-refractivity contribution in [3.8, 4) is 0 Å². The van der Waals surface area contributed by atoms with Crippen LogP contribution in [0.4, 0.5) is 5.69 Å². The molecule has 0 saturated carbocycles. The Morgan fingerprint density at radius 3 is 2.57 bits per heavy atom. The monoisotopic (exact) mass is 333 g/mol. The Labute approximate surface area is 123 Å². The summed E-state index contributed by atoms with van der Waals surface area (Å²) in [6.45, 7) is 1.63. The number of sulfone groups is 1. The Morgan fingerprint density at radius 2 is 2.05 bits per heavy atom. The molecular weight excluding hydrogens is 318 g/mol. The Bertz CT molecular complexity index is 782. The lowest BCUT2D eigenvalue weighted by Crippen LogP contribution is -2.29. The van der Waals surface area contributed by atoms with Crippen molar-refractivity contribution in [1.82, 2.24) is 0 Å². The number of carboxylic acid groups (broad SMARTS) is 1. The molecule has 1 aliphatic heterocycles. The van der Waals surface area contributed by atoms with E-state index in [1.54, 1.807) is 6.92 Å². The predicted octanol–water partition coefficient (Wildman–Crippen LogP) is 0.622. The standard InChI is InChI=1S/C12H15NO6S2/c1-8-2-3-9(12(14)15)6-11(8)13-21(18,19)10-4-5-20(16,17)7-10/h2-3,6,10,13H,4-5,7H2,1H3,(H,14,15). The molecule has 1 atom stereocenters. The average molecular weight is 333 g/mol. The number of aromatic carboxylic acids is 1. The number of hydrogen-bond acceptors (Lipinski definition) is 5. The van der Waals surface area contributed by atoms with E-state index < -0.39 is 36.8 Å². The summed E-state index contributed by atoms with van der Waals surface area (Å²) < 4.78 is 49.5. The highest BCUT2D eigenvalue weighted by Crippen LogP contribution is 2.24. The second kappa shape index (κ2) is 5.30. The second-order valence-electron chi connectivity index (χ2n) is 5.01. The minimum atomic E-state index is -3.87. The van der Waals surface area contributed by atoms with E-state index in [0.29, 0.717) is 5.56 Å². The number of anilines is 1. The third kappa shape index (κ3) is 3.53. The van der Waals surface area contributed by atoms with Crippen molar-refractivity contribution >= 4 is 31.5 Å². The topological polar surface area (TPSA) is 118 Å². The number of hydrogen-bond donors (Lipinski definition) is 2. The number of carbonyl (C=O) groups is 1. The molecule has 0 bridgehead atoms. The van der Waals surface area contributed by atoms with Crippen LogP contribution in [0.5, 0.6) is 0 Å². The number of rotatable bonds is 4. The summed E-state index contributed by atoms with van der Waals surface area (Å²) in [5.74, 6) is -1.72. The molecular formula is C12H15NO6S2. The van der Waals surface area contributed by atoms with Gasteiger partial charge in [-0.05, 0) is 31.0 Å². The lowest BCUT2D eigenvalue weighted by Gasteiger charge is -2.14. The summed E-state index contributed by atoms with van der Waals surface area (Å²) >= 11 is 0. The third-order valence-corrected chi connectivity index (χ3v) is 7.13. The molecule has 0 aromatic heterocycles. The minimum absolute atomic E-state index is 0.0441. The first-order valence-electron chi connectivity index (χ1n) is 6.17. The van der Waals surface area contributed by atoms with E-state index in [2.05, 4.69) is 4.72 Å². The van der Waals surface area contributed by atoms with Crippen molar-refractivity contribution in [2.45, 2.75) is 18.6 Å². The van der Waals surface area contributed by atoms with Crippen molar-refractivity contribution in [2.75, 3.05) is 16.2 Å². The van der Waals surface area contributed by atoms with Gasteiger partial charge in [0.15, 0.2) is 9.84 Å². The molecule has 0 spiro atoms. The zero-order chi connectivity index (χ0) is 15.8. The second-order valence-corrected chi connectivity index (χ2v) is 9.20. The van der Waals surface area contributed by atoms with Gasteiger partial charge in [-0.2, -0.15) is 0 Å². The fraction of sp³-hybridized carbons (Fsp3) is 0.417. The number of sulfonamides is 1. The van der Waals surface area contributed by atoms with E-state index in [9.17, 15) is 21.6 Å². The molecule has 1 fully saturated rings. The molecule has 9 heteroatoms. The molecule has 1 aromatic rings. The Balaban J connectivity index is 2.29. The summed E-state index contributed by atoms with van der Waals surface area (Å²) in [5.41, 5.74) is 0.668. The van der Waals surface area contributed by atoms with Gasteiger partial charge in [0.1, 0.15) is 0 Å². The van der Waals surface area contributed by atoms with E-state index in [4.69, 9.17) is 5.11 Å². The normalized spacial score (nSPS) is 21.1. The van der Waals surface area contributed by atoms with E-state index in [-0.39, 0.29) is 23.4 Å². The number of aryl methyl sites for hydroxylation is 1. The van der Waals surface area contributed by atoms with Crippen molar-refractivity contribution in [2.24, 2.45) is 0 Å². The molecule has 1 saturated heterocycles. The van der Waals surface area contributed by atoms with E-state index in [1.807, 2.05) is 0 Å². The van der Waals surface area contributed by atoms with Crippen LogP contribution in [0, 0.1) is 6.92 Å². The molecule has 1 unspecified atom stereocenters. The summed E-state index contributed by atoms with van der Waals surface area (Å²) in [6, 6.07) is 4.08. The number of carboxylic acids is 1. The van der Waals surface area contributed by atoms with Crippen LogP contribution in [0.15, 0.2) is 18.2 Å². The quantitative estimate of drug-likeness (QED) is 0.834. The van der Waals surface area contributed by atoms with Gasteiger partial charge in [-0.25, -0.2) is 21.6 Å². The van der Waals surface area contributed by atoms with Crippen LogP contribution in [0.2, 0.25) is 0 Å². The van der Waals surface area contributed by atoms with Gasteiger partial charge < -0.3 is 5.11 Å². The predicted molar refractivity (Wildman–Crippen MR) is 77.7 cm³/mol. The van der Waals surface area contributed by atoms with Gasteiger partial charge in [0, 0.05) is 0 Å². The van der Waals surface area contributed by atoms with Crippen molar-refractivity contribution in [3.05, 3.63) is 29.3 Å². The zero-order valence-electron chi connectivity index (χ0n) is 11.2. The minimum Gasteiger partial charge on any atom is -0.478 e. The fourth-order valence-corrected chi connectivity index (χ4v) is 6.26. The first kappa shape index (κ1) is 15.8. The zero-order valence-corrected chi connectivity index (χ0v) is 12.9. The Morgan fingerprint density at radius 1 is 1.38 bits per heavy atom. The molecule has 2 rings (SSSR count). The van der Waals surface area contributed by atoms with E-state index in [1.165, 1.54) is 18.2 Å². The van der Waals surface area contributed by atoms with Gasteiger partial charge in [-0.3, -0.25) is 4.72 Å². The van der Waals surface area contributed by atoms with Crippen LogP contribution in [0.3, 0.4) is 0 Å². The van der Waals surface area contributed by atoms with Crippen LogP contribution >= 0.6 is 0 Å². The van der Waals surface area contributed by atoms with E-state index in [0.717, 1.165) is 0 Å². The first-order chi connectivity index (χ1) is 9.61. The number of nitrogens with one attached hydrogen (secondary N) is 1. The van der Waals surface area contributed by atoms with Crippen LogP contribution < -0.4 is 4.72 Å². The Kier molecular flexibility index (Phi) is 3.98. The molecule has 0 aliphatic carbocycles. The SMILES string of the molecule is Cc1ccc(C(=O)O)cc1NS(=O)(=O)C1CCS(=O)(=O)C1. The molecule has 1 aromatic carbocycles. The Hall–Kier alpha value is -1.61. The van der Waals surface area contributed by atoms with Crippen molar-refractivity contribution in [3.63, 3.8) is 0 Å². The first-order valence-corrected chi connectivity index (χ1v) is 9.53. The lowest BCUT2D eigenvalue weighted by atomic mass is 10.1. The number of benzene rings is 1. The summed E-state index contributed by atoms with van der Waals surface area (Å²) in [4.78, 5) is 10.9. The highest BCUT2D eigenvalue weighted by atomic mass is 32.2. The molecule has 0 radical (unpaired) electrons. The average Bonchev–Trinajstić information content (AvgIpc) is 2.73. The maximum absolute atomic E-state index is 12.2. The highest BCUT2D eigenvalue weighted by Gasteiger charge is 2.37. The van der Waals surface area contributed by atoms with Gasteiger partial charge in [-0.1, -0.05) is 6.07 Å². The molecule has 0 amide bonds. The van der Waals surface area contributed by atoms with Crippen LogP contribution in [0.1, 0.15) is 22.3 Å². The summed E-state index contributed by atoms with van der Waals surface area (Å²) in [5, 5.41) is 7.92. The van der Waals surface area contributed by atoms with Crippen LogP contribution in [-0.4, -0.2) is 44.7 Å². The molecule has 1 heterocycles. The maximum atomic E-state index is 12.2.